The van der Waals surface area contributed by atoms with Crippen LogP contribution in [0.3, 0.4) is 0 Å². The Bertz CT molecular complexity index is 490. The molecule has 0 heterocycles. The molecule has 0 spiro atoms. The monoisotopic (exact) mass is 260 g/mol. The second kappa shape index (κ2) is 4.66. The zero-order chi connectivity index (χ0) is 14.3. The Hall–Kier alpha value is -1.31. The molecular formula is C17H24O2. The van der Waals surface area contributed by atoms with Gasteiger partial charge in [0.2, 0.25) is 0 Å². The third-order valence-electron chi connectivity index (χ3n) is 4.50. The normalized spacial score (nSPS) is 17.9. The molecule has 2 heteroatoms. The van der Waals surface area contributed by atoms with Crippen LogP contribution >= 0.6 is 0 Å². The molecule has 0 aromatic heterocycles. The summed E-state index contributed by atoms with van der Waals surface area (Å²) in [6, 6.07) is 6.49. The van der Waals surface area contributed by atoms with Crippen LogP contribution in [-0.4, -0.2) is 11.1 Å². The number of carboxylic acid groups (broad SMARTS) is 1. The van der Waals surface area contributed by atoms with Gasteiger partial charge in [-0.3, -0.25) is 4.79 Å². The Balaban J connectivity index is 2.25. The molecule has 1 saturated carbocycles. The molecule has 19 heavy (non-hydrogen) atoms. The maximum Gasteiger partial charge on any atom is 0.309 e. The van der Waals surface area contributed by atoms with E-state index in [2.05, 4.69) is 45.9 Å². The van der Waals surface area contributed by atoms with Gasteiger partial charge < -0.3 is 5.11 Å². The van der Waals surface area contributed by atoms with Gasteiger partial charge in [0, 0.05) is 0 Å². The van der Waals surface area contributed by atoms with E-state index in [4.69, 9.17) is 0 Å². The standard InChI is InChI=1S/C17H24O2/c1-12-10-14(16(2,3)4)7-6-13(12)11-17(15(18)19)8-5-9-17/h6-7,10H,5,8-9,11H2,1-4H3,(H,18,19). The summed E-state index contributed by atoms with van der Waals surface area (Å²) < 4.78 is 0. The van der Waals surface area contributed by atoms with Gasteiger partial charge in [-0.1, -0.05) is 45.4 Å². The molecule has 1 aliphatic rings. The second-order valence-corrected chi connectivity index (χ2v) is 7.01. The van der Waals surface area contributed by atoms with Gasteiger partial charge in [0.25, 0.3) is 0 Å². The van der Waals surface area contributed by atoms with Crippen LogP contribution in [0.15, 0.2) is 18.2 Å². The van der Waals surface area contributed by atoms with Crippen molar-refractivity contribution in [3.8, 4) is 0 Å². The first-order valence-electron chi connectivity index (χ1n) is 7.08. The van der Waals surface area contributed by atoms with E-state index in [9.17, 15) is 9.90 Å². The Kier molecular flexibility index (Phi) is 3.46. The number of aryl methyl sites for hydroxylation is 1. The van der Waals surface area contributed by atoms with Crippen LogP contribution in [0.5, 0.6) is 0 Å². The molecule has 1 aromatic rings. The van der Waals surface area contributed by atoms with Crippen LogP contribution in [0.2, 0.25) is 0 Å². The van der Waals surface area contributed by atoms with Crippen LogP contribution in [0, 0.1) is 12.3 Å². The number of hydrogen-bond donors (Lipinski definition) is 1. The van der Waals surface area contributed by atoms with E-state index in [-0.39, 0.29) is 5.41 Å². The van der Waals surface area contributed by atoms with E-state index < -0.39 is 11.4 Å². The first-order chi connectivity index (χ1) is 8.74. The lowest BCUT2D eigenvalue weighted by molar-refractivity contribution is -0.154. The Morgan fingerprint density at radius 3 is 2.32 bits per heavy atom. The van der Waals surface area contributed by atoms with Crippen molar-refractivity contribution in [3.05, 3.63) is 34.9 Å². The summed E-state index contributed by atoms with van der Waals surface area (Å²) in [6.45, 7) is 8.70. The summed E-state index contributed by atoms with van der Waals surface area (Å²) in [5.74, 6) is -0.627. The smallest absolute Gasteiger partial charge is 0.309 e. The summed E-state index contributed by atoms with van der Waals surface area (Å²) >= 11 is 0. The van der Waals surface area contributed by atoms with E-state index in [1.165, 1.54) is 16.7 Å². The minimum absolute atomic E-state index is 0.143. The fourth-order valence-corrected chi connectivity index (χ4v) is 2.80. The molecule has 0 unspecified atom stereocenters. The minimum Gasteiger partial charge on any atom is -0.481 e. The lowest BCUT2D eigenvalue weighted by Crippen LogP contribution is -2.40. The summed E-state index contributed by atoms with van der Waals surface area (Å²) in [7, 11) is 0. The average Bonchev–Trinajstić information content (AvgIpc) is 2.23. The van der Waals surface area contributed by atoms with Crippen LogP contribution in [0.1, 0.15) is 56.7 Å². The molecule has 1 aromatic carbocycles. The molecule has 1 N–H and O–H groups in total. The summed E-state index contributed by atoms with van der Waals surface area (Å²) in [6.07, 6.45) is 3.37. The minimum atomic E-state index is -0.627. The van der Waals surface area contributed by atoms with Crippen molar-refractivity contribution in [2.75, 3.05) is 0 Å². The van der Waals surface area contributed by atoms with Gasteiger partial charge in [0.15, 0.2) is 0 Å². The molecule has 2 rings (SSSR count). The highest BCUT2D eigenvalue weighted by Gasteiger charge is 2.44. The predicted octanol–water partition coefficient (Wildman–Crippen LogP) is 4.09. The lowest BCUT2D eigenvalue weighted by atomic mass is 9.65. The van der Waals surface area contributed by atoms with Gasteiger partial charge in [-0.25, -0.2) is 0 Å². The van der Waals surface area contributed by atoms with Crippen molar-refractivity contribution in [2.45, 2.75) is 58.8 Å². The van der Waals surface area contributed by atoms with Gasteiger partial charge in [-0.2, -0.15) is 0 Å². The molecule has 1 aliphatic carbocycles. The first-order valence-corrected chi connectivity index (χ1v) is 7.08. The van der Waals surface area contributed by atoms with Crippen molar-refractivity contribution < 1.29 is 9.90 Å². The molecule has 0 aliphatic heterocycles. The van der Waals surface area contributed by atoms with Gasteiger partial charge in [-0.05, 0) is 48.3 Å². The third kappa shape index (κ3) is 2.68. The Morgan fingerprint density at radius 1 is 1.32 bits per heavy atom. The van der Waals surface area contributed by atoms with Gasteiger partial charge >= 0.3 is 5.97 Å². The van der Waals surface area contributed by atoms with Gasteiger partial charge in [-0.15, -0.1) is 0 Å². The van der Waals surface area contributed by atoms with Crippen LogP contribution < -0.4 is 0 Å². The predicted molar refractivity (Wildman–Crippen MR) is 77.5 cm³/mol. The molecule has 1 fully saturated rings. The van der Waals surface area contributed by atoms with Crippen LogP contribution in [0.25, 0.3) is 0 Å². The van der Waals surface area contributed by atoms with Crippen molar-refractivity contribution in [2.24, 2.45) is 5.41 Å². The van der Waals surface area contributed by atoms with Gasteiger partial charge in [0.05, 0.1) is 5.41 Å². The Morgan fingerprint density at radius 2 is 1.95 bits per heavy atom. The quantitative estimate of drug-likeness (QED) is 0.888. The van der Waals surface area contributed by atoms with E-state index in [0.717, 1.165) is 19.3 Å². The van der Waals surface area contributed by atoms with Crippen molar-refractivity contribution in [1.82, 2.24) is 0 Å². The number of aliphatic carboxylic acids is 1. The van der Waals surface area contributed by atoms with Crippen molar-refractivity contribution in [3.63, 3.8) is 0 Å². The van der Waals surface area contributed by atoms with E-state index in [0.29, 0.717) is 6.42 Å². The molecule has 0 bridgehead atoms. The first kappa shape index (κ1) is 14.1. The largest absolute Gasteiger partial charge is 0.481 e. The summed E-state index contributed by atoms with van der Waals surface area (Å²) in [5.41, 5.74) is 3.37. The van der Waals surface area contributed by atoms with E-state index in [1.807, 2.05) is 0 Å². The van der Waals surface area contributed by atoms with Crippen LogP contribution in [0.4, 0.5) is 0 Å². The molecule has 0 saturated heterocycles. The highest BCUT2D eigenvalue weighted by atomic mass is 16.4. The SMILES string of the molecule is Cc1cc(C(C)(C)C)ccc1CC1(C(=O)O)CCC1. The zero-order valence-corrected chi connectivity index (χ0v) is 12.4. The maximum atomic E-state index is 11.4. The highest BCUT2D eigenvalue weighted by Crippen LogP contribution is 2.44. The lowest BCUT2D eigenvalue weighted by Gasteiger charge is -2.38. The zero-order valence-electron chi connectivity index (χ0n) is 12.4. The van der Waals surface area contributed by atoms with Gasteiger partial charge in [0.1, 0.15) is 0 Å². The molecule has 2 nitrogen and oxygen atoms in total. The fraction of sp³-hybridized carbons (Fsp3) is 0.588. The molecule has 0 atom stereocenters. The number of carboxylic acids is 1. The van der Waals surface area contributed by atoms with E-state index in [1.54, 1.807) is 0 Å². The van der Waals surface area contributed by atoms with Crippen molar-refractivity contribution >= 4 is 5.97 Å². The van der Waals surface area contributed by atoms with E-state index >= 15 is 0 Å². The highest BCUT2D eigenvalue weighted by molar-refractivity contribution is 5.76. The number of carbonyl (C=O) groups is 1. The molecular weight excluding hydrogens is 236 g/mol. The second-order valence-electron chi connectivity index (χ2n) is 7.01. The number of hydrogen-bond acceptors (Lipinski definition) is 1. The topological polar surface area (TPSA) is 37.3 Å². The van der Waals surface area contributed by atoms with Crippen LogP contribution in [-0.2, 0) is 16.6 Å². The number of benzene rings is 1. The summed E-state index contributed by atoms with van der Waals surface area (Å²) in [5, 5.41) is 9.42. The molecule has 104 valence electrons. The molecule has 0 radical (unpaired) electrons. The third-order valence-corrected chi connectivity index (χ3v) is 4.50. The van der Waals surface area contributed by atoms with Crippen molar-refractivity contribution in [1.29, 1.82) is 0 Å². The Labute approximate surface area is 115 Å². The maximum absolute atomic E-state index is 11.4. The average molecular weight is 260 g/mol. The number of rotatable bonds is 3. The summed E-state index contributed by atoms with van der Waals surface area (Å²) in [4.78, 5) is 11.4. The molecule has 0 amide bonds. The fourth-order valence-electron chi connectivity index (χ4n) is 2.80.